The zero-order chi connectivity index (χ0) is 18.5. The Morgan fingerprint density at radius 1 is 0.885 bits per heavy atom. The summed E-state index contributed by atoms with van der Waals surface area (Å²) in [6.45, 7) is 0. The van der Waals surface area contributed by atoms with Crippen LogP contribution in [0.4, 0.5) is 0 Å². The van der Waals surface area contributed by atoms with Crippen molar-refractivity contribution in [2.24, 2.45) is 0 Å². The summed E-state index contributed by atoms with van der Waals surface area (Å²) in [5.41, 5.74) is 1.94. The second-order valence-electron chi connectivity index (χ2n) is 5.76. The van der Waals surface area contributed by atoms with Crippen LogP contribution < -0.4 is 0 Å². The molecule has 0 aliphatic rings. The molecule has 0 aliphatic carbocycles. The van der Waals surface area contributed by atoms with Gasteiger partial charge in [0.05, 0.1) is 7.11 Å². The molecule has 26 heavy (non-hydrogen) atoms. The summed E-state index contributed by atoms with van der Waals surface area (Å²) in [6.07, 6.45) is 5.73. The van der Waals surface area contributed by atoms with Crippen LogP contribution in [-0.2, 0) is 14.3 Å². The Morgan fingerprint density at radius 3 is 1.77 bits per heavy atom. The number of aliphatic hydroxyl groups is 1. The Hall–Kier alpha value is -2.95. The molecule has 0 bridgehead atoms. The molecule has 0 saturated heterocycles. The molecule has 1 unspecified atom stereocenters. The van der Waals surface area contributed by atoms with Crippen molar-refractivity contribution in [2.45, 2.75) is 6.29 Å². The van der Waals surface area contributed by atoms with Crippen molar-refractivity contribution in [1.82, 2.24) is 0 Å². The van der Waals surface area contributed by atoms with Crippen molar-refractivity contribution in [3.63, 3.8) is 0 Å². The highest BCUT2D eigenvalue weighted by atomic mass is 16.6. The van der Waals surface area contributed by atoms with Crippen molar-refractivity contribution in [3.05, 3.63) is 71.8 Å². The van der Waals surface area contributed by atoms with Crippen LogP contribution in [0.15, 0.2) is 60.7 Å². The van der Waals surface area contributed by atoms with E-state index in [2.05, 4.69) is 0 Å². The van der Waals surface area contributed by atoms with E-state index in [0.717, 1.165) is 32.7 Å². The second kappa shape index (κ2) is 7.95. The largest absolute Gasteiger partial charge is 0.466 e. The minimum absolute atomic E-state index is 0.398. The molecule has 0 radical (unpaired) electrons. The van der Waals surface area contributed by atoms with Crippen molar-refractivity contribution >= 4 is 39.7 Å². The van der Waals surface area contributed by atoms with Gasteiger partial charge in [0.1, 0.15) is 0 Å². The Bertz CT molecular complexity index is 945. The highest BCUT2D eigenvalue weighted by molar-refractivity contribution is 6.13. The van der Waals surface area contributed by atoms with E-state index in [4.69, 9.17) is 9.47 Å². The first-order valence-electron chi connectivity index (χ1n) is 8.24. The number of esters is 1. The zero-order valence-electron chi connectivity index (χ0n) is 14.7. The lowest BCUT2D eigenvalue weighted by molar-refractivity contribution is -0.134. The van der Waals surface area contributed by atoms with Crippen LogP contribution in [-0.4, -0.2) is 31.6 Å². The first-order valence-corrected chi connectivity index (χ1v) is 8.24. The summed E-state index contributed by atoms with van der Waals surface area (Å²) >= 11 is 0. The first kappa shape index (κ1) is 17.9. The Labute approximate surface area is 152 Å². The summed E-state index contributed by atoms with van der Waals surface area (Å²) in [5, 5.41) is 13.8. The molecule has 132 valence electrons. The van der Waals surface area contributed by atoms with Crippen LogP contribution in [0, 0.1) is 0 Å². The van der Waals surface area contributed by atoms with E-state index >= 15 is 0 Å². The van der Waals surface area contributed by atoms with E-state index in [1.165, 1.54) is 20.3 Å². The third kappa shape index (κ3) is 3.52. The van der Waals surface area contributed by atoms with Crippen LogP contribution >= 0.6 is 0 Å². The van der Waals surface area contributed by atoms with Gasteiger partial charge < -0.3 is 14.6 Å². The molecule has 3 aromatic carbocycles. The first-order chi connectivity index (χ1) is 12.7. The SMILES string of the molecule is COC(=O)/C=C/c1c2ccccc2c(/C=C/C(O)OC)c2ccccc12. The summed E-state index contributed by atoms with van der Waals surface area (Å²) in [7, 11) is 2.81. The fourth-order valence-electron chi connectivity index (χ4n) is 3.03. The van der Waals surface area contributed by atoms with E-state index in [0.29, 0.717) is 0 Å². The van der Waals surface area contributed by atoms with Crippen molar-refractivity contribution in [1.29, 1.82) is 0 Å². The molecule has 4 heteroatoms. The summed E-state index contributed by atoms with van der Waals surface area (Å²) < 4.78 is 9.62. The summed E-state index contributed by atoms with van der Waals surface area (Å²) in [4.78, 5) is 11.6. The zero-order valence-corrected chi connectivity index (χ0v) is 14.7. The van der Waals surface area contributed by atoms with Gasteiger partial charge in [-0.05, 0) is 44.8 Å². The number of rotatable bonds is 5. The summed E-state index contributed by atoms with van der Waals surface area (Å²) in [6, 6.07) is 15.9. The Morgan fingerprint density at radius 2 is 1.35 bits per heavy atom. The average molecular weight is 348 g/mol. The van der Waals surface area contributed by atoms with Gasteiger partial charge in [0.15, 0.2) is 6.29 Å². The molecule has 0 spiro atoms. The van der Waals surface area contributed by atoms with Gasteiger partial charge in [0.2, 0.25) is 0 Å². The standard InChI is InChI=1S/C22H20O4/c1-25-21(23)13-11-19-15-7-3-5-9-17(15)20(12-14-22(24)26-2)18-10-6-4-8-16(18)19/h3-14,21,23H,1-2H3/b13-11+,14-12+. The number of aliphatic hydroxyl groups excluding tert-OH is 1. The fourth-order valence-corrected chi connectivity index (χ4v) is 3.03. The number of hydrogen-bond acceptors (Lipinski definition) is 4. The molecule has 0 saturated carbocycles. The van der Waals surface area contributed by atoms with Crippen molar-refractivity contribution in [3.8, 4) is 0 Å². The van der Waals surface area contributed by atoms with E-state index < -0.39 is 12.3 Å². The molecule has 0 heterocycles. The fraction of sp³-hybridized carbons (Fsp3) is 0.136. The quantitative estimate of drug-likeness (QED) is 0.326. The molecule has 1 N–H and O–H groups in total. The highest BCUT2D eigenvalue weighted by Crippen LogP contribution is 2.34. The normalized spacial score (nSPS) is 13.0. The van der Waals surface area contributed by atoms with Gasteiger partial charge >= 0.3 is 5.97 Å². The molecule has 3 rings (SSSR count). The number of carbonyl (C=O) groups excluding carboxylic acids is 1. The minimum atomic E-state index is -0.966. The van der Waals surface area contributed by atoms with Crippen LogP contribution in [0.3, 0.4) is 0 Å². The van der Waals surface area contributed by atoms with E-state index in [-0.39, 0.29) is 0 Å². The van der Waals surface area contributed by atoms with Crippen LogP contribution in [0.25, 0.3) is 33.7 Å². The molecule has 0 aromatic heterocycles. The Balaban J connectivity index is 2.33. The second-order valence-corrected chi connectivity index (χ2v) is 5.76. The van der Waals surface area contributed by atoms with E-state index in [9.17, 15) is 9.90 Å². The molecule has 0 amide bonds. The predicted molar refractivity (Wildman–Crippen MR) is 105 cm³/mol. The van der Waals surface area contributed by atoms with Gasteiger partial charge in [-0.1, -0.05) is 54.6 Å². The van der Waals surface area contributed by atoms with Gasteiger partial charge in [0, 0.05) is 13.2 Å². The maximum absolute atomic E-state index is 11.6. The molecule has 3 aromatic rings. The molecule has 0 fully saturated rings. The molecular weight excluding hydrogens is 328 g/mol. The Kier molecular flexibility index (Phi) is 5.46. The summed E-state index contributed by atoms with van der Waals surface area (Å²) in [5.74, 6) is -0.398. The lowest BCUT2D eigenvalue weighted by atomic mass is 9.91. The number of fused-ring (bicyclic) bond motifs is 2. The lowest BCUT2D eigenvalue weighted by Crippen LogP contribution is -2.03. The number of methoxy groups -OCH3 is 2. The number of hydrogen-bond donors (Lipinski definition) is 1. The van der Waals surface area contributed by atoms with Crippen molar-refractivity contribution in [2.75, 3.05) is 14.2 Å². The number of carbonyl (C=O) groups is 1. The van der Waals surface area contributed by atoms with Crippen LogP contribution in [0.2, 0.25) is 0 Å². The van der Waals surface area contributed by atoms with Gasteiger partial charge in [-0.3, -0.25) is 0 Å². The highest BCUT2D eigenvalue weighted by Gasteiger charge is 2.11. The maximum Gasteiger partial charge on any atom is 0.330 e. The van der Waals surface area contributed by atoms with E-state index in [1.54, 1.807) is 12.2 Å². The minimum Gasteiger partial charge on any atom is -0.466 e. The number of ether oxygens (including phenoxy) is 2. The molecule has 0 aliphatic heterocycles. The van der Waals surface area contributed by atoms with Crippen LogP contribution in [0.1, 0.15) is 11.1 Å². The van der Waals surface area contributed by atoms with E-state index in [1.807, 2.05) is 54.6 Å². The van der Waals surface area contributed by atoms with Gasteiger partial charge in [-0.2, -0.15) is 0 Å². The predicted octanol–water partition coefficient (Wildman–Crippen LogP) is 4.16. The van der Waals surface area contributed by atoms with Crippen molar-refractivity contribution < 1.29 is 19.4 Å². The molecular formula is C22H20O4. The average Bonchev–Trinajstić information content (AvgIpc) is 2.69. The number of benzene rings is 3. The smallest absolute Gasteiger partial charge is 0.330 e. The van der Waals surface area contributed by atoms with Gasteiger partial charge in [-0.15, -0.1) is 0 Å². The topological polar surface area (TPSA) is 55.8 Å². The molecule has 4 nitrogen and oxygen atoms in total. The molecule has 1 atom stereocenters. The van der Waals surface area contributed by atoms with Crippen LogP contribution in [0.5, 0.6) is 0 Å². The maximum atomic E-state index is 11.6. The van der Waals surface area contributed by atoms with Gasteiger partial charge in [-0.25, -0.2) is 4.79 Å². The third-order valence-electron chi connectivity index (χ3n) is 4.27. The third-order valence-corrected chi connectivity index (χ3v) is 4.27. The monoisotopic (exact) mass is 348 g/mol. The van der Waals surface area contributed by atoms with Gasteiger partial charge in [0.25, 0.3) is 0 Å². The lowest BCUT2D eigenvalue weighted by Gasteiger charge is -2.13.